The van der Waals surface area contributed by atoms with Gasteiger partial charge in [-0.05, 0) is 18.5 Å². The van der Waals surface area contributed by atoms with Crippen LogP contribution in [-0.4, -0.2) is 29.7 Å². The molecule has 0 aromatic carbocycles. The lowest BCUT2D eigenvalue weighted by molar-refractivity contribution is 0.190. The maximum Gasteiger partial charge on any atom is 0.224 e. The molecule has 5 nitrogen and oxygen atoms in total. The number of nitrogens with two attached hydrogens (primary N) is 1. The number of nitrogens with zero attached hydrogens (tertiary/aromatic N) is 2. The van der Waals surface area contributed by atoms with Gasteiger partial charge in [0.1, 0.15) is 0 Å². The Kier molecular flexibility index (Phi) is 3.91. The molecule has 14 heavy (non-hydrogen) atoms. The van der Waals surface area contributed by atoms with E-state index in [-0.39, 0.29) is 11.3 Å². The number of nitrogens with one attached hydrogen (secondary N) is 1. The number of anilines is 2. The van der Waals surface area contributed by atoms with Crippen LogP contribution in [0, 0.1) is 0 Å². The fraction of sp³-hybridized carbons (Fsp3) is 0.500. The highest BCUT2D eigenvalue weighted by Crippen LogP contribution is 2.16. The van der Waals surface area contributed by atoms with Gasteiger partial charge >= 0.3 is 0 Å². The summed E-state index contributed by atoms with van der Waals surface area (Å²) in [7, 11) is 1.63. The third-order valence-corrected chi connectivity index (χ3v) is 1.77. The third kappa shape index (κ3) is 3.01. The zero-order chi connectivity index (χ0) is 10.6. The van der Waals surface area contributed by atoms with Gasteiger partial charge in [0.2, 0.25) is 5.28 Å². The van der Waals surface area contributed by atoms with Gasteiger partial charge in [0.25, 0.3) is 0 Å². The fourth-order valence-corrected chi connectivity index (χ4v) is 1.14. The van der Waals surface area contributed by atoms with E-state index in [1.165, 1.54) is 6.20 Å². The summed E-state index contributed by atoms with van der Waals surface area (Å²) in [4.78, 5) is 7.71. The Bertz CT molecular complexity index is 307. The molecule has 1 heterocycles. The molecular weight excluding hydrogens is 204 g/mol. The Labute approximate surface area is 87.6 Å². The molecule has 0 amide bonds. The Morgan fingerprint density at radius 3 is 3.07 bits per heavy atom. The lowest BCUT2D eigenvalue weighted by Crippen LogP contribution is -2.22. The first-order valence-corrected chi connectivity index (χ1v) is 4.54. The number of methoxy groups -OCH3 is 1. The average molecular weight is 217 g/mol. The minimum absolute atomic E-state index is 0.119. The van der Waals surface area contributed by atoms with E-state index < -0.39 is 0 Å². The lowest BCUT2D eigenvalue weighted by Gasteiger charge is -2.14. The number of halogens is 1. The molecule has 1 aromatic heterocycles. The van der Waals surface area contributed by atoms with Gasteiger partial charge in [-0.2, -0.15) is 4.98 Å². The van der Waals surface area contributed by atoms with Crippen LogP contribution < -0.4 is 11.1 Å². The van der Waals surface area contributed by atoms with Crippen molar-refractivity contribution in [2.45, 2.75) is 13.0 Å². The van der Waals surface area contributed by atoms with Crippen molar-refractivity contribution < 1.29 is 4.74 Å². The highest BCUT2D eigenvalue weighted by molar-refractivity contribution is 6.28. The molecule has 78 valence electrons. The fourth-order valence-electron chi connectivity index (χ4n) is 1.01. The van der Waals surface area contributed by atoms with Crippen molar-refractivity contribution in [3.63, 3.8) is 0 Å². The maximum atomic E-state index is 5.65. The smallest absolute Gasteiger partial charge is 0.224 e. The first-order valence-electron chi connectivity index (χ1n) is 4.17. The van der Waals surface area contributed by atoms with Gasteiger partial charge in [0.05, 0.1) is 18.5 Å². The van der Waals surface area contributed by atoms with E-state index in [2.05, 4.69) is 15.3 Å². The summed E-state index contributed by atoms with van der Waals surface area (Å²) in [5, 5.41) is 3.24. The quantitative estimate of drug-likeness (QED) is 0.739. The zero-order valence-corrected chi connectivity index (χ0v) is 8.88. The summed E-state index contributed by atoms with van der Waals surface area (Å²) in [6, 6.07) is 0.119. The van der Waals surface area contributed by atoms with Crippen molar-refractivity contribution in [2.75, 3.05) is 24.8 Å². The molecule has 6 heteroatoms. The molecule has 0 bridgehead atoms. The van der Waals surface area contributed by atoms with E-state index in [9.17, 15) is 0 Å². The summed E-state index contributed by atoms with van der Waals surface area (Å²) >= 11 is 5.63. The predicted molar refractivity (Wildman–Crippen MR) is 56.4 cm³/mol. The second-order valence-corrected chi connectivity index (χ2v) is 3.28. The number of nitrogen functional groups attached to an aromatic ring is 1. The molecule has 1 rings (SSSR count). The highest BCUT2D eigenvalue weighted by Gasteiger charge is 2.06. The first-order chi connectivity index (χ1) is 6.63. The van der Waals surface area contributed by atoms with Crippen LogP contribution in [0.2, 0.25) is 5.28 Å². The van der Waals surface area contributed by atoms with E-state index in [1.54, 1.807) is 7.11 Å². The minimum Gasteiger partial charge on any atom is -0.394 e. The van der Waals surface area contributed by atoms with Gasteiger partial charge in [-0.15, -0.1) is 0 Å². The van der Waals surface area contributed by atoms with Crippen LogP contribution in [0.25, 0.3) is 0 Å². The molecule has 0 aliphatic heterocycles. The molecule has 3 N–H and O–H groups in total. The summed E-state index contributed by atoms with van der Waals surface area (Å²) in [5.41, 5.74) is 6.12. The standard InChI is InChI=1S/C8H13ClN4O/c1-5(4-14-2)12-7-6(10)3-11-8(9)13-7/h3,5H,4,10H2,1-2H3,(H,11,12,13)/t5-/m1/s1. The maximum absolute atomic E-state index is 5.65. The number of rotatable bonds is 4. The van der Waals surface area contributed by atoms with Crippen molar-refractivity contribution >= 4 is 23.1 Å². The van der Waals surface area contributed by atoms with Gasteiger partial charge < -0.3 is 15.8 Å². The molecule has 0 aliphatic rings. The van der Waals surface area contributed by atoms with Crippen LogP contribution in [0.4, 0.5) is 11.5 Å². The van der Waals surface area contributed by atoms with Gasteiger partial charge in [-0.3, -0.25) is 0 Å². The summed E-state index contributed by atoms with van der Waals surface area (Å²) in [5.74, 6) is 0.537. The number of ether oxygens (including phenoxy) is 1. The van der Waals surface area contributed by atoms with Crippen molar-refractivity contribution in [3.05, 3.63) is 11.5 Å². The number of hydrogen-bond donors (Lipinski definition) is 2. The van der Waals surface area contributed by atoms with E-state index in [1.807, 2.05) is 6.92 Å². The summed E-state index contributed by atoms with van der Waals surface area (Å²) in [6.07, 6.45) is 1.47. The van der Waals surface area contributed by atoms with Crippen LogP contribution in [0.5, 0.6) is 0 Å². The number of hydrogen-bond acceptors (Lipinski definition) is 5. The Hall–Kier alpha value is -1.07. The van der Waals surface area contributed by atoms with Gasteiger partial charge in [-0.25, -0.2) is 4.98 Å². The van der Waals surface area contributed by atoms with Crippen LogP contribution in [0.3, 0.4) is 0 Å². The van der Waals surface area contributed by atoms with E-state index in [0.717, 1.165) is 0 Å². The van der Waals surface area contributed by atoms with Gasteiger partial charge in [-0.1, -0.05) is 0 Å². The van der Waals surface area contributed by atoms with E-state index in [0.29, 0.717) is 18.1 Å². The second-order valence-electron chi connectivity index (χ2n) is 2.94. The van der Waals surface area contributed by atoms with Crippen LogP contribution >= 0.6 is 11.6 Å². The molecule has 0 spiro atoms. The molecule has 0 saturated carbocycles. The monoisotopic (exact) mass is 216 g/mol. The molecule has 0 saturated heterocycles. The normalized spacial score (nSPS) is 12.5. The topological polar surface area (TPSA) is 73.1 Å². The Balaban J connectivity index is 2.70. The number of aromatic nitrogens is 2. The summed E-state index contributed by atoms with van der Waals surface area (Å²) < 4.78 is 4.97. The average Bonchev–Trinajstić information content (AvgIpc) is 2.12. The third-order valence-electron chi connectivity index (χ3n) is 1.59. The van der Waals surface area contributed by atoms with Crippen LogP contribution in [0.1, 0.15) is 6.92 Å². The Morgan fingerprint density at radius 2 is 2.43 bits per heavy atom. The largest absolute Gasteiger partial charge is 0.394 e. The van der Waals surface area contributed by atoms with Gasteiger partial charge in [0.15, 0.2) is 5.82 Å². The highest BCUT2D eigenvalue weighted by atomic mass is 35.5. The van der Waals surface area contributed by atoms with Crippen molar-refractivity contribution in [2.24, 2.45) is 0 Å². The molecule has 0 radical (unpaired) electrons. The van der Waals surface area contributed by atoms with E-state index in [4.69, 9.17) is 22.1 Å². The SMILES string of the molecule is COC[C@@H](C)Nc1nc(Cl)ncc1N. The lowest BCUT2D eigenvalue weighted by atomic mass is 10.3. The van der Waals surface area contributed by atoms with E-state index >= 15 is 0 Å². The Morgan fingerprint density at radius 1 is 1.71 bits per heavy atom. The van der Waals surface area contributed by atoms with Crippen LogP contribution in [-0.2, 0) is 4.74 Å². The second kappa shape index (κ2) is 4.97. The minimum atomic E-state index is 0.119. The van der Waals surface area contributed by atoms with Gasteiger partial charge in [0, 0.05) is 13.2 Å². The molecule has 1 aromatic rings. The van der Waals surface area contributed by atoms with Crippen molar-refractivity contribution in [1.29, 1.82) is 0 Å². The van der Waals surface area contributed by atoms with Crippen LogP contribution in [0.15, 0.2) is 6.20 Å². The van der Waals surface area contributed by atoms with Crippen molar-refractivity contribution in [3.8, 4) is 0 Å². The zero-order valence-electron chi connectivity index (χ0n) is 8.12. The van der Waals surface area contributed by atoms with Crippen molar-refractivity contribution in [1.82, 2.24) is 9.97 Å². The molecule has 0 aliphatic carbocycles. The first kappa shape index (κ1) is 11.0. The molecule has 0 unspecified atom stereocenters. The molecule has 0 fully saturated rings. The summed E-state index contributed by atoms with van der Waals surface area (Å²) in [6.45, 7) is 2.53. The predicted octanol–water partition coefficient (Wildman–Crippen LogP) is 1.16. The molecule has 1 atom stereocenters. The molecular formula is C8H13ClN4O.